The summed E-state index contributed by atoms with van der Waals surface area (Å²) in [5.74, 6) is -1.04. The normalized spacial score (nSPS) is 26.4. The summed E-state index contributed by atoms with van der Waals surface area (Å²) in [4.78, 5) is 4.29. The van der Waals surface area contributed by atoms with Crippen molar-refractivity contribution in [1.29, 1.82) is 0 Å². The van der Waals surface area contributed by atoms with Gasteiger partial charge in [0.05, 0.1) is 11.5 Å². The first kappa shape index (κ1) is 15.8. The van der Waals surface area contributed by atoms with Crippen LogP contribution < -0.4 is 0 Å². The third kappa shape index (κ3) is 3.47. The van der Waals surface area contributed by atoms with Gasteiger partial charge in [0, 0.05) is 44.3 Å². The Morgan fingerprint density at radius 3 is 2.50 bits per heavy atom. The lowest BCUT2D eigenvalue weighted by atomic mass is 10.1. The molecule has 0 saturated carbocycles. The molecule has 2 saturated heterocycles. The van der Waals surface area contributed by atoms with E-state index in [2.05, 4.69) is 9.80 Å². The fourth-order valence-corrected chi connectivity index (χ4v) is 5.02. The summed E-state index contributed by atoms with van der Waals surface area (Å²) in [5.41, 5.74) is 0.372. The fourth-order valence-electron chi connectivity index (χ4n) is 3.26. The van der Waals surface area contributed by atoms with Crippen molar-refractivity contribution in [2.75, 3.05) is 37.7 Å². The Kier molecular flexibility index (Phi) is 4.47. The molecule has 0 spiro atoms. The topological polar surface area (TPSA) is 40.6 Å². The second-order valence-corrected chi connectivity index (χ2v) is 8.31. The number of nitrogens with zero attached hydrogens (tertiary/aromatic N) is 2. The summed E-state index contributed by atoms with van der Waals surface area (Å²) >= 11 is 0. The standard InChI is InChI=1S/C15H20F2N2O2S/c16-14-3-1-2-12(15(14)17)10-18-5-7-19(8-6-18)13-4-9-22(20,21)11-13/h1-3,13H,4-11H2/t13-/m1/s1. The number of halogens is 2. The summed E-state index contributed by atoms with van der Waals surface area (Å²) in [6.45, 7) is 3.42. The monoisotopic (exact) mass is 330 g/mol. The highest BCUT2D eigenvalue weighted by atomic mass is 32.2. The van der Waals surface area contributed by atoms with E-state index < -0.39 is 21.5 Å². The number of piperazine rings is 1. The van der Waals surface area contributed by atoms with Gasteiger partial charge in [-0.15, -0.1) is 0 Å². The van der Waals surface area contributed by atoms with Crippen LogP contribution in [0, 0.1) is 11.6 Å². The van der Waals surface area contributed by atoms with Crippen LogP contribution in [0.2, 0.25) is 0 Å². The smallest absolute Gasteiger partial charge is 0.163 e. The minimum Gasteiger partial charge on any atom is -0.297 e. The largest absolute Gasteiger partial charge is 0.297 e. The fraction of sp³-hybridized carbons (Fsp3) is 0.600. The second-order valence-electron chi connectivity index (χ2n) is 6.08. The zero-order valence-corrected chi connectivity index (χ0v) is 13.2. The molecule has 22 heavy (non-hydrogen) atoms. The molecule has 0 unspecified atom stereocenters. The van der Waals surface area contributed by atoms with E-state index in [1.807, 2.05) is 0 Å². The van der Waals surface area contributed by atoms with Gasteiger partial charge in [-0.25, -0.2) is 17.2 Å². The van der Waals surface area contributed by atoms with E-state index in [1.54, 1.807) is 6.07 Å². The molecule has 0 amide bonds. The molecular formula is C15H20F2N2O2S. The van der Waals surface area contributed by atoms with E-state index in [0.29, 0.717) is 18.5 Å². The van der Waals surface area contributed by atoms with Crippen LogP contribution in [0.4, 0.5) is 8.78 Å². The minimum atomic E-state index is -2.86. The van der Waals surface area contributed by atoms with Gasteiger partial charge in [0.25, 0.3) is 0 Å². The van der Waals surface area contributed by atoms with E-state index >= 15 is 0 Å². The highest BCUT2D eigenvalue weighted by molar-refractivity contribution is 7.91. The van der Waals surface area contributed by atoms with E-state index in [1.165, 1.54) is 6.07 Å². The van der Waals surface area contributed by atoms with Crippen LogP contribution in [0.15, 0.2) is 18.2 Å². The SMILES string of the molecule is O=S1(=O)CC[C@@H](N2CCN(Cc3cccc(F)c3F)CC2)C1. The van der Waals surface area contributed by atoms with Gasteiger partial charge in [0.15, 0.2) is 21.5 Å². The van der Waals surface area contributed by atoms with Gasteiger partial charge in [-0.1, -0.05) is 12.1 Å². The molecule has 7 heteroatoms. The summed E-state index contributed by atoms with van der Waals surface area (Å²) < 4.78 is 50.0. The van der Waals surface area contributed by atoms with Crippen molar-refractivity contribution in [2.45, 2.75) is 19.0 Å². The highest BCUT2D eigenvalue weighted by Crippen LogP contribution is 2.20. The van der Waals surface area contributed by atoms with Crippen LogP contribution in [-0.4, -0.2) is 61.9 Å². The Labute approximate surface area is 129 Å². The lowest BCUT2D eigenvalue weighted by Gasteiger charge is -2.37. The molecule has 0 aliphatic carbocycles. The summed E-state index contributed by atoms with van der Waals surface area (Å²) in [5, 5.41) is 0. The van der Waals surface area contributed by atoms with E-state index in [-0.39, 0.29) is 17.5 Å². The van der Waals surface area contributed by atoms with Gasteiger partial charge in [-0.05, 0) is 12.5 Å². The quantitative estimate of drug-likeness (QED) is 0.837. The molecule has 1 atom stereocenters. The average molecular weight is 330 g/mol. The van der Waals surface area contributed by atoms with Crippen molar-refractivity contribution < 1.29 is 17.2 Å². The zero-order chi connectivity index (χ0) is 15.7. The summed E-state index contributed by atoms with van der Waals surface area (Å²) in [7, 11) is -2.86. The average Bonchev–Trinajstić information content (AvgIpc) is 2.85. The van der Waals surface area contributed by atoms with Crippen LogP contribution >= 0.6 is 0 Å². The first-order valence-electron chi connectivity index (χ1n) is 7.54. The van der Waals surface area contributed by atoms with E-state index in [0.717, 1.165) is 32.2 Å². The molecule has 2 fully saturated rings. The number of rotatable bonds is 3. The summed E-state index contributed by atoms with van der Waals surface area (Å²) in [6, 6.07) is 4.37. The Morgan fingerprint density at radius 1 is 1.14 bits per heavy atom. The molecule has 0 aromatic heterocycles. The van der Waals surface area contributed by atoms with Gasteiger partial charge in [0.2, 0.25) is 0 Å². The molecule has 2 heterocycles. The Bertz CT molecular complexity index is 643. The number of hydrogen-bond donors (Lipinski definition) is 0. The maximum Gasteiger partial charge on any atom is 0.163 e. The highest BCUT2D eigenvalue weighted by Gasteiger charge is 2.33. The predicted molar refractivity (Wildman–Crippen MR) is 80.3 cm³/mol. The minimum absolute atomic E-state index is 0.123. The maximum absolute atomic E-state index is 13.7. The Balaban J connectivity index is 1.55. The molecule has 4 nitrogen and oxygen atoms in total. The van der Waals surface area contributed by atoms with E-state index in [9.17, 15) is 17.2 Å². The molecule has 2 aliphatic rings. The van der Waals surface area contributed by atoms with Crippen LogP contribution in [-0.2, 0) is 16.4 Å². The first-order chi connectivity index (χ1) is 10.4. The molecule has 122 valence electrons. The van der Waals surface area contributed by atoms with Crippen LogP contribution in [0.5, 0.6) is 0 Å². The van der Waals surface area contributed by atoms with Crippen LogP contribution in [0.1, 0.15) is 12.0 Å². The Morgan fingerprint density at radius 2 is 1.86 bits per heavy atom. The lowest BCUT2D eigenvalue weighted by Crippen LogP contribution is -2.50. The Hall–Kier alpha value is -1.05. The van der Waals surface area contributed by atoms with Crippen molar-refractivity contribution in [3.63, 3.8) is 0 Å². The molecule has 0 radical (unpaired) electrons. The molecule has 2 aliphatic heterocycles. The molecule has 1 aromatic carbocycles. The molecule has 0 N–H and O–H groups in total. The van der Waals surface area contributed by atoms with Gasteiger partial charge in [0.1, 0.15) is 0 Å². The lowest BCUT2D eigenvalue weighted by molar-refractivity contribution is 0.0992. The van der Waals surface area contributed by atoms with Crippen molar-refractivity contribution in [3.05, 3.63) is 35.4 Å². The third-order valence-electron chi connectivity index (χ3n) is 4.56. The maximum atomic E-state index is 13.7. The van der Waals surface area contributed by atoms with Crippen LogP contribution in [0.3, 0.4) is 0 Å². The predicted octanol–water partition coefficient (Wildman–Crippen LogP) is 1.27. The van der Waals surface area contributed by atoms with Crippen molar-refractivity contribution in [2.24, 2.45) is 0 Å². The van der Waals surface area contributed by atoms with Crippen LogP contribution in [0.25, 0.3) is 0 Å². The number of benzene rings is 1. The van der Waals surface area contributed by atoms with Gasteiger partial charge in [-0.2, -0.15) is 0 Å². The van der Waals surface area contributed by atoms with Crippen molar-refractivity contribution in [3.8, 4) is 0 Å². The molecule has 1 aromatic rings. The van der Waals surface area contributed by atoms with Gasteiger partial charge >= 0.3 is 0 Å². The zero-order valence-electron chi connectivity index (χ0n) is 12.3. The molecule has 3 rings (SSSR count). The van der Waals surface area contributed by atoms with E-state index in [4.69, 9.17) is 0 Å². The van der Waals surface area contributed by atoms with Gasteiger partial charge in [-0.3, -0.25) is 9.80 Å². The van der Waals surface area contributed by atoms with Gasteiger partial charge < -0.3 is 0 Å². The molecule has 0 bridgehead atoms. The van der Waals surface area contributed by atoms with Crippen molar-refractivity contribution >= 4 is 9.84 Å². The molecular weight excluding hydrogens is 310 g/mol. The first-order valence-corrected chi connectivity index (χ1v) is 9.36. The van der Waals surface area contributed by atoms with Crippen molar-refractivity contribution in [1.82, 2.24) is 9.80 Å². The summed E-state index contributed by atoms with van der Waals surface area (Å²) in [6.07, 6.45) is 0.709. The third-order valence-corrected chi connectivity index (χ3v) is 6.31. The number of sulfone groups is 1. The second kappa shape index (κ2) is 6.22. The number of hydrogen-bond acceptors (Lipinski definition) is 4.